The van der Waals surface area contributed by atoms with Crippen molar-refractivity contribution in [1.82, 2.24) is 0 Å². The van der Waals surface area contributed by atoms with Crippen molar-refractivity contribution in [3.05, 3.63) is 18.2 Å². The molecule has 1 N–H and O–H groups in total. The van der Waals surface area contributed by atoms with Crippen LogP contribution in [-0.2, 0) is 4.79 Å². The zero-order chi connectivity index (χ0) is 13.5. The van der Waals surface area contributed by atoms with Crippen LogP contribution >= 0.6 is 0 Å². The van der Waals surface area contributed by atoms with E-state index in [2.05, 4.69) is 11.4 Å². The van der Waals surface area contributed by atoms with Crippen LogP contribution in [0.15, 0.2) is 18.2 Å². The van der Waals surface area contributed by atoms with Gasteiger partial charge >= 0.3 is 0 Å². The number of methoxy groups -OCH3 is 1. The summed E-state index contributed by atoms with van der Waals surface area (Å²) in [5, 5.41) is 11.3. The molecule has 0 aliphatic rings. The summed E-state index contributed by atoms with van der Waals surface area (Å²) in [5.41, 5.74) is 1.56. The van der Waals surface area contributed by atoms with E-state index < -0.39 is 0 Å². The highest BCUT2D eigenvalue weighted by molar-refractivity contribution is 5.89. The first-order chi connectivity index (χ1) is 8.58. The van der Waals surface area contributed by atoms with E-state index in [-0.39, 0.29) is 5.91 Å². The van der Waals surface area contributed by atoms with Gasteiger partial charge in [-0.2, -0.15) is 5.26 Å². The summed E-state index contributed by atoms with van der Waals surface area (Å²) in [4.78, 5) is 12.9. The molecule has 0 aromatic heterocycles. The van der Waals surface area contributed by atoms with Crippen molar-refractivity contribution in [3.63, 3.8) is 0 Å². The zero-order valence-corrected chi connectivity index (χ0v) is 10.9. The van der Waals surface area contributed by atoms with Gasteiger partial charge in [-0.15, -0.1) is 0 Å². The van der Waals surface area contributed by atoms with Crippen LogP contribution in [0.5, 0.6) is 5.75 Å². The Morgan fingerprint density at radius 3 is 2.83 bits per heavy atom. The number of nitrogens with zero attached hydrogens (tertiary/aromatic N) is 2. The van der Waals surface area contributed by atoms with E-state index in [1.807, 2.05) is 18.0 Å². The molecule has 1 aromatic rings. The van der Waals surface area contributed by atoms with Gasteiger partial charge in [0.1, 0.15) is 5.75 Å². The molecule has 1 rings (SSSR count). The predicted octanol–water partition coefficient (Wildman–Crippen LogP) is 2.00. The highest BCUT2D eigenvalue weighted by Gasteiger charge is 2.09. The van der Waals surface area contributed by atoms with Gasteiger partial charge in [0.25, 0.3) is 0 Å². The molecule has 0 saturated heterocycles. The van der Waals surface area contributed by atoms with Gasteiger partial charge in [0, 0.05) is 26.2 Å². The van der Waals surface area contributed by atoms with Crippen molar-refractivity contribution in [2.75, 3.05) is 30.9 Å². The lowest BCUT2D eigenvalue weighted by atomic mass is 10.2. The number of amides is 1. The zero-order valence-electron chi connectivity index (χ0n) is 10.9. The third-order valence-electron chi connectivity index (χ3n) is 2.47. The SMILES string of the molecule is COc1ccc(NC(C)=O)cc1N(C)CCC#N. The molecule has 18 heavy (non-hydrogen) atoms. The Labute approximate surface area is 107 Å². The quantitative estimate of drug-likeness (QED) is 0.864. The number of ether oxygens (including phenoxy) is 1. The number of carbonyl (C=O) groups excluding carboxylic acids is 1. The monoisotopic (exact) mass is 247 g/mol. The third-order valence-corrected chi connectivity index (χ3v) is 2.47. The van der Waals surface area contributed by atoms with Gasteiger partial charge in [0.15, 0.2) is 0 Å². The van der Waals surface area contributed by atoms with Crippen LogP contribution in [0.4, 0.5) is 11.4 Å². The Bertz CT molecular complexity index is 466. The predicted molar refractivity (Wildman–Crippen MR) is 70.8 cm³/mol. The molecule has 0 aliphatic heterocycles. The molecule has 0 aliphatic carbocycles. The Hall–Kier alpha value is -2.22. The Morgan fingerprint density at radius 1 is 1.56 bits per heavy atom. The van der Waals surface area contributed by atoms with Crippen molar-refractivity contribution in [2.24, 2.45) is 0 Å². The molecule has 0 bridgehead atoms. The lowest BCUT2D eigenvalue weighted by molar-refractivity contribution is -0.114. The molecular formula is C13H17N3O2. The molecule has 1 amide bonds. The lowest BCUT2D eigenvalue weighted by Gasteiger charge is -2.21. The van der Waals surface area contributed by atoms with Crippen LogP contribution in [0, 0.1) is 11.3 Å². The van der Waals surface area contributed by atoms with Gasteiger partial charge in [0.2, 0.25) is 5.91 Å². The molecule has 0 radical (unpaired) electrons. The van der Waals surface area contributed by atoms with E-state index in [9.17, 15) is 4.79 Å². The average Bonchev–Trinajstić information content (AvgIpc) is 2.35. The summed E-state index contributed by atoms with van der Waals surface area (Å²) in [6.07, 6.45) is 0.435. The van der Waals surface area contributed by atoms with Crippen LogP contribution < -0.4 is 15.0 Å². The first-order valence-corrected chi connectivity index (χ1v) is 5.62. The summed E-state index contributed by atoms with van der Waals surface area (Å²) < 4.78 is 5.27. The van der Waals surface area contributed by atoms with E-state index in [0.29, 0.717) is 24.4 Å². The lowest BCUT2D eigenvalue weighted by Crippen LogP contribution is -2.19. The smallest absolute Gasteiger partial charge is 0.221 e. The summed E-state index contributed by atoms with van der Waals surface area (Å²) in [6.45, 7) is 2.07. The number of hydrogen-bond donors (Lipinski definition) is 1. The standard InChI is InChI=1S/C13H17N3O2/c1-10(17)15-11-5-6-13(18-3)12(9-11)16(2)8-4-7-14/h5-6,9H,4,8H2,1-3H3,(H,15,17). The number of carbonyl (C=O) groups is 1. The van der Waals surface area contributed by atoms with Gasteiger partial charge in [-0.1, -0.05) is 0 Å². The molecule has 0 fully saturated rings. The second kappa shape index (κ2) is 6.50. The molecule has 0 unspecified atom stereocenters. The highest BCUT2D eigenvalue weighted by atomic mass is 16.5. The fourth-order valence-electron chi connectivity index (χ4n) is 1.61. The fourth-order valence-corrected chi connectivity index (χ4v) is 1.61. The first kappa shape index (κ1) is 13.8. The Morgan fingerprint density at radius 2 is 2.28 bits per heavy atom. The minimum Gasteiger partial charge on any atom is -0.495 e. The molecule has 5 heteroatoms. The largest absolute Gasteiger partial charge is 0.495 e. The maximum Gasteiger partial charge on any atom is 0.221 e. The molecule has 96 valence electrons. The van der Waals surface area contributed by atoms with E-state index in [1.165, 1.54) is 6.92 Å². The van der Waals surface area contributed by atoms with Gasteiger partial charge in [-0.25, -0.2) is 0 Å². The molecule has 1 aromatic carbocycles. The van der Waals surface area contributed by atoms with Gasteiger partial charge in [-0.3, -0.25) is 4.79 Å². The topological polar surface area (TPSA) is 65.4 Å². The van der Waals surface area contributed by atoms with Gasteiger partial charge < -0.3 is 15.0 Å². The fraction of sp³-hybridized carbons (Fsp3) is 0.385. The van der Waals surface area contributed by atoms with E-state index in [1.54, 1.807) is 19.2 Å². The summed E-state index contributed by atoms with van der Waals surface area (Å²) in [6, 6.07) is 7.51. The van der Waals surface area contributed by atoms with Crippen molar-refractivity contribution >= 4 is 17.3 Å². The number of nitrogens with one attached hydrogen (secondary N) is 1. The van der Waals surface area contributed by atoms with Crippen LogP contribution in [0.3, 0.4) is 0 Å². The highest BCUT2D eigenvalue weighted by Crippen LogP contribution is 2.30. The minimum atomic E-state index is -0.120. The Kier molecular flexibility index (Phi) is 5.00. The molecule has 0 spiro atoms. The normalized spacial score (nSPS) is 9.44. The number of benzene rings is 1. The summed E-state index contributed by atoms with van der Waals surface area (Å²) in [5.74, 6) is 0.593. The van der Waals surface area contributed by atoms with Crippen LogP contribution in [0.25, 0.3) is 0 Å². The molecule has 0 saturated carbocycles. The van der Waals surface area contributed by atoms with Crippen LogP contribution in [0.2, 0.25) is 0 Å². The first-order valence-electron chi connectivity index (χ1n) is 5.62. The maximum absolute atomic E-state index is 11.0. The van der Waals surface area contributed by atoms with Crippen molar-refractivity contribution in [1.29, 1.82) is 5.26 Å². The average molecular weight is 247 g/mol. The van der Waals surface area contributed by atoms with Gasteiger partial charge in [-0.05, 0) is 18.2 Å². The summed E-state index contributed by atoms with van der Waals surface area (Å²) in [7, 11) is 3.47. The van der Waals surface area contributed by atoms with Crippen molar-refractivity contribution in [2.45, 2.75) is 13.3 Å². The van der Waals surface area contributed by atoms with Crippen molar-refractivity contribution in [3.8, 4) is 11.8 Å². The maximum atomic E-state index is 11.0. The second-order valence-electron chi connectivity index (χ2n) is 3.90. The second-order valence-corrected chi connectivity index (χ2v) is 3.90. The molecule has 0 atom stereocenters. The Balaban J connectivity index is 2.98. The number of nitriles is 1. The van der Waals surface area contributed by atoms with E-state index >= 15 is 0 Å². The van der Waals surface area contributed by atoms with Crippen molar-refractivity contribution < 1.29 is 9.53 Å². The van der Waals surface area contributed by atoms with Crippen LogP contribution in [0.1, 0.15) is 13.3 Å². The summed E-state index contributed by atoms with van der Waals surface area (Å²) >= 11 is 0. The number of rotatable bonds is 5. The molecule has 0 heterocycles. The number of anilines is 2. The number of hydrogen-bond acceptors (Lipinski definition) is 4. The molecule has 5 nitrogen and oxygen atoms in total. The molecular weight excluding hydrogens is 230 g/mol. The van der Waals surface area contributed by atoms with Crippen LogP contribution in [-0.4, -0.2) is 26.6 Å². The van der Waals surface area contributed by atoms with E-state index in [4.69, 9.17) is 10.00 Å². The van der Waals surface area contributed by atoms with E-state index in [0.717, 1.165) is 5.69 Å². The minimum absolute atomic E-state index is 0.120. The third kappa shape index (κ3) is 3.67. The van der Waals surface area contributed by atoms with Gasteiger partial charge in [0.05, 0.1) is 25.3 Å².